The number of anilines is 2. The molecule has 2 heterocycles. The van der Waals surface area contributed by atoms with Gasteiger partial charge in [-0.15, -0.1) is 11.3 Å². The minimum atomic E-state index is 0.0688. The van der Waals surface area contributed by atoms with Crippen LogP contribution in [0.1, 0.15) is 47.1 Å². The van der Waals surface area contributed by atoms with Gasteiger partial charge in [0.1, 0.15) is 11.2 Å². The van der Waals surface area contributed by atoms with E-state index in [0.29, 0.717) is 0 Å². The van der Waals surface area contributed by atoms with Crippen LogP contribution in [-0.4, -0.2) is 0 Å². The summed E-state index contributed by atoms with van der Waals surface area (Å²) in [5.74, 6) is 0.0688. The SMILES string of the molecule is CC1=CC(N(c2ccccc2)c2ccc3oc4cc(C(c5ccccc5)c5ccc6sc7cccc(C)c7c6c5)cc(C)c4c3c2)=CC1. The molecule has 0 spiro atoms. The molecule has 0 radical (unpaired) electrons. The molecule has 0 bridgehead atoms. The maximum atomic E-state index is 6.67. The monoisotopic (exact) mass is 637 g/mol. The third-order valence-electron chi connectivity index (χ3n) is 9.86. The molecule has 232 valence electrons. The quantitative estimate of drug-likeness (QED) is 0.169. The fourth-order valence-corrected chi connectivity index (χ4v) is 8.84. The number of allylic oxidation sites excluding steroid dienone is 3. The molecule has 2 nitrogen and oxygen atoms in total. The van der Waals surface area contributed by atoms with Crippen molar-refractivity contribution in [3.05, 3.63) is 179 Å². The molecular weight excluding hydrogens is 603 g/mol. The Bertz CT molecular complexity index is 2570. The summed E-state index contributed by atoms with van der Waals surface area (Å²) in [6, 6.07) is 46.5. The van der Waals surface area contributed by atoms with Crippen LogP contribution in [0.3, 0.4) is 0 Å². The standard InChI is InChI=1S/C45H35NOS/c1-28-17-19-35(23-28)46(34-14-8-5-9-15-34)36-20-21-39-37(27-36)43-30(3)24-33(26-40(43)47-39)45(31-12-6-4-7-13-31)32-18-22-41-38(25-32)44-29(2)11-10-16-42(44)48-41/h4-16,18-27,45H,17H2,1-3H3. The number of aryl methyl sites for hydroxylation is 2. The van der Waals surface area contributed by atoms with Crippen molar-refractivity contribution in [3.8, 4) is 0 Å². The Hall–Kier alpha value is -5.38. The Kier molecular flexibility index (Phi) is 6.84. The summed E-state index contributed by atoms with van der Waals surface area (Å²) in [5.41, 5.74) is 13.1. The van der Waals surface area contributed by atoms with Crippen molar-refractivity contribution in [1.29, 1.82) is 0 Å². The zero-order valence-electron chi connectivity index (χ0n) is 27.3. The van der Waals surface area contributed by atoms with E-state index in [9.17, 15) is 0 Å². The Morgan fingerprint density at radius 2 is 1.40 bits per heavy atom. The van der Waals surface area contributed by atoms with E-state index in [1.807, 2.05) is 11.3 Å². The molecule has 0 aliphatic heterocycles. The number of hydrogen-bond acceptors (Lipinski definition) is 3. The van der Waals surface area contributed by atoms with Gasteiger partial charge in [0.15, 0.2) is 0 Å². The second kappa shape index (κ2) is 11.4. The van der Waals surface area contributed by atoms with Crippen LogP contribution >= 0.6 is 11.3 Å². The molecule has 3 heteroatoms. The zero-order chi connectivity index (χ0) is 32.4. The molecular formula is C45H35NOS. The van der Waals surface area contributed by atoms with Gasteiger partial charge in [-0.05, 0) is 116 Å². The van der Waals surface area contributed by atoms with Gasteiger partial charge in [0.2, 0.25) is 0 Å². The van der Waals surface area contributed by atoms with E-state index < -0.39 is 0 Å². The minimum Gasteiger partial charge on any atom is -0.456 e. The molecule has 9 rings (SSSR count). The van der Waals surface area contributed by atoms with Gasteiger partial charge in [-0.2, -0.15) is 0 Å². The number of thiophene rings is 1. The van der Waals surface area contributed by atoms with E-state index in [4.69, 9.17) is 4.42 Å². The molecule has 0 saturated heterocycles. The van der Waals surface area contributed by atoms with Crippen molar-refractivity contribution in [3.63, 3.8) is 0 Å². The van der Waals surface area contributed by atoms with Gasteiger partial charge in [-0.25, -0.2) is 0 Å². The molecule has 1 unspecified atom stereocenters. The second-order valence-electron chi connectivity index (χ2n) is 13.1. The Labute approximate surface area is 284 Å². The highest BCUT2D eigenvalue weighted by atomic mass is 32.1. The summed E-state index contributed by atoms with van der Waals surface area (Å²) in [5, 5.41) is 5.03. The number of nitrogens with zero attached hydrogens (tertiary/aromatic N) is 1. The van der Waals surface area contributed by atoms with Crippen molar-refractivity contribution in [2.24, 2.45) is 0 Å². The lowest BCUT2D eigenvalue weighted by Gasteiger charge is -2.25. The van der Waals surface area contributed by atoms with Crippen LogP contribution < -0.4 is 4.90 Å². The fourth-order valence-electron chi connectivity index (χ4n) is 7.67. The highest BCUT2D eigenvalue weighted by Crippen LogP contribution is 2.43. The highest BCUT2D eigenvalue weighted by Gasteiger charge is 2.23. The summed E-state index contributed by atoms with van der Waals surface area (Å²) in [6.07, 6.45) is 5.59. The van der Waals surface area contributed by atoms with Crippen LogP contribution in [0.5, 0.6) is 0 Å². The van der Waals surface area contributed by atoms with Gasteiger partial charge < -0.3 is 9.32 Å². The predicted molar refractivity (Wildman–Crippen MR) is 205 cm³/mol. The summed E-state index contributed by atoms with van der Waals surface area (Å²) in [4.78, 5) is 2.36. The number of hydrogen-bond donors (Lipinski definition) is 0. The summed E-state index contributed by atoms with van der Waals surface area (Å²) in [7, 11) is 0. The van der Waals surface area contributed by atoms with Crippen molar-refractivity contribution < 1.29 is 4.42 Å². The van der Waals surface area contributed by atoms with Crippen molar-refractivity contribution in [2.45, 2.75) is 33.1 Å². The molecule has 1 atom stereocenters. The third-order valence-corrected chi connectivity index (χ3v) is 11.0. The van der Waals surface area contributed by atoms with Crippen LogP contribution in [0.25, 0.3) is 42.1 Å². The van der Waals surface area contributed by atoms with E-state index in [2.05, 4.69) is 165 Å². The van der Waals surface area contributed by atoms with E-state index in [1.165, 1.54) is 64.6 Å². The molecule has 8 aromatic rings. The van der Waals surface area contributed by atoms with E-state index in [-0.39, 0.29) is 5.92 Å². The fraction of sp³-hybridized carbons (Fsp3) is 0.111. The smallest absolute Gasteiger partial charge is 0.135 e. The number of benzene rings is 6. The third kappa shape index (κ3) is 4.77. The van der Waals surface area contributed by atoms with Gasteiger partial charge in [0, 0.05) is 53.9 Å². The Morgan fingerprint density at radius 3 is 2.19 bits per heavy atom. The average molecular weight is 638 g/mol. The van der Waals surface area contributed by atoms with Gasteiger partial charge in [-0.3, -0.25) is 0 Å². The second-order valence-corrected chi connectivity index (χ2v) is 14.2. The first-order valence-electron chi connectivity index (χ1n) is 16.7. The van der Waals surface area contributed by atoms with Crippen LogP contribution in [0.4, 0.5) is 11.4 Å². The number of para-hydroxylation sites is 1. The molecule has 48 heavy (non-hydrogen) atoms. The van der Waals surface area contributed by atoms with Crippen LogP contribution in [0, 0.1) is 13.8 Å². The van der Waals surface area contributed by atoms with Crippen LogP contribution in [0.15, 0.2) is 155 Å². The van der Waals surface area contributed by atoms with E-state index >= 15 is 0 Å². The topological polar surface area (TPSA) is 16.4 Å². The molecule has 0 amide bonds. The maximum absolute atomic E-state index is 6.67. The Morgan fingerprint density at radius 1 is 0.583 bits per heavy atom. The van der Waals surface area contributed by atoms with Crippen molar-refractivity contribution >= 4 is 64.8 Å². The first kappa shape index (κ1) is 28.8. The lowest BCUT2D eigenvalue weighted by atomic mass is 9.83. The maximum Gasteiger partial charge on any atom is 0.135 e. The molecule has 1 aliphatic carbocycles. The van der Waals surface area contributed by atoms with Gasteiger partial charge in [0.05, 0.1) is 0 Å². The minimum absolute atomic E-state index is 0.0688. The number of rotatable bonds is 6. The average Bonchev–Trinajstić information content (AvgIpc) is 3.81. The van der Waals surface area contributed by atoms with E-state index in [1.54, 1.807) is 0 Å². The molecule has 6 aromatic carbocycles. The predicted octanol–water partition coefficient (Wildman–Crippen LogP) is 13.1. The lowest BCUT2D eigenvalue weighted by Crippen LogP contribution is -2.14. The molecule has 2 aromatic heterocycles. The number of furan rings is 1. The lowest BCUT2D eigenvalue weighted by molar-refractivity contribution is 0.667. The molecule has 0 saturated carbocycles. The molecule has 0 N–H and O–H groups in total. The summed E-state index contributed by atoms with van der Waals surface area (Å²) in [6.45, 7) is 6.65. The number of fused-ring (bicyclic) bond motifs is 6. The van der Waals surface area contributed by atoms with Crippen LogP contribution in [0.2, 0.25) is 0 Å². The van der Waals surface area contributed by atoms with Crippen LogP contribution in [-0.2, 0) is 0 Å². The van der Waals surface area contributed by atoms with Crippen molar-refractivity contribution in [1.82, 2.24) is 0 Å². The largest absolute Gasteiger partial charge is 0.456 e. The Balaban J connectivity index is 1.21. The first-order valence-corrected chi connectivity index (χ1v) is 17.5. The van der Waals surface area contributed by atoms with Gasteiger partial charge in [0.25, 0.3) is 0 Å². The zero-order valence-corrected chi connectivity index (χ0v) is 28.1. The highest BCUT2D eigenvalue weighted by molar-refractivity contribution is 7.25. The molecule has 0 fully saturated rings. The summed E-state index contributed by atoms with van der Waals surface area (Å²) >= 11 is 1.88. The van der Waals surface area contributed by atoms with Crippen molar-refractivity contribution in [2.75, 3.05) is 4.90 Å². The van der Waals surface area contributed by atoms with Gasteiger partial charge in [-0.1, -0.05) is 84.4 Å². The summed E-state index contributed by atoms with van der Waals surface area (Å²) < 4.78 is 9.34. The molecule has 1 aliphatic rings. The van der Waals surface area contributed by atoms with Gasteiger partial charge >= 0.3 is 0 Å². The van der Waals surface area contributed by atoms with E-state index in [0.717, 1.165) is 34.3 Å². The first-order chi connectivity index (χ1) is 23.5. The normalized spacial score (nSPS) is 13.8.